The molecule has 0 rings (SSSR count). The van der Waals surface area contributed by atoms with Crippen LogP contribution in [0.1, 0.15) is 67.2 Å². The van der Waals surface area contributed by atoms with Gasteiger partial charge < -0.3 is 9.69 Å². The second kappa shape index (κ2) is 11.3. The van der Waals surface area contributed by atoms with E-state index in [0.717, 1.165) is 6.29 Å². The average molecular weight is 384 g/mol. The van der Waals surface area contributed by atoms with Crippen LogP contribution in [0.3, 0.4) is 0 Å². The standard InChI is InChI=1S/C20H37N3O4/c1-8-10-18(27)23(7)20(9-2,14-26)22-19(13-25,11-15(3)4)21-17(12-24)16(5)6/h12-17,21-22H,8-11H2,1-7H3. The Morgan fingerprint density at radius 1 is 1.07 bits per heavy atom. The fraction of sp³-hybridized carbons (Fsp3) is 0.800. The first-order chi connectivity index (χ1) is 12.6. The minimum Gasteiger partial charge on any atom is -0.321 e. The molecule has 3 atom stereocenters. The Kier molecular flexibility index (Phi) is 10.6. The van der Waals surface area contributed by atoms with E-state index >= 15 is 0 Å². The van der Waals surface area contributed by atoms with Gasteiger partial charge in [-0.1, -0.05) is 41.5 Å². The van der Waals surface area contributed by atoms with Gasteiger partial charge in [-0.2, -0.15) is 0 Å². The van der Waals surface area contributed by atoms with Crippen LogP contribution < -0.4 is 10.6 Å². The van der Waals surface area contributed by atoms with Crippen molar-refractivity contribution in [1.82, 2.24) is 15.5 Å². The minimum atomic E-state index is -1.35. The minimum absolute atomic E-state index is 0.0394. The zero-order chi connectivity index (χ0) is 21.3. The van der Waals surface area contributed by atoms with Gasteiger partial charge in [0.25, 0.3) is 0 Å². The summed E-state index contributed by atoms with van der Waals surface area (Å²) in [7, 11) is 1.56. The van der Waals surface area contributed by atoms with Gasteiger partial charge in [0, 0.05) is 13.5 Å². The molecule has 0 saturated heterocycles. The van der Waals surface area contributed by atoms with E-state index in [9.17, 15) is 19.2 Å². The van der Waals surface area contributed by atoms with Gasteiger partial charge in [0.2, 0.25) is 5.91 Å². The predicted molar refractivity (Wildman–Crippen MR) is 106 cm³/mol. The summed E-state index contributed by atoms with van der Waals surface area (Å²) in [5, 5.41) is 6.22. The molecular weight excluding hydrogens is 346 g/mol. The highest BCUT2D eigenvalue weighted by Gasteiger charge is 2.45. The molecule has 1 amide bonds. The molecule has 7 nitrogen and oxygen atoms in total. The van der Waals surface area contributed by atoms with Crippen LogP contribution in [0.5, 0.6) is 0 Å². The van der Waals surface area contributed by atoms with Gasteiger partial charge in [-0.3, -0.25) is 25.0 Å². The lowest BCUT2D eigenvalue weighted by Gasteiger charge is -2.46. The van der Waals surface area contributed by atoms with Crippen LogP contribution in [-0.4, -0.2) is 54.1 Å². The topological polar surface area (TPSA) is 95.6 Å². The number of carbonyl (C=O) groups is 4. The lowest BCUT2D eigenvalue weighted by molar-refractivity contribution is -0.145. The molecule has 0 aromatic carbocycles. The number of hydrogen-bond donors (Lipinski definition) is 2. The summed E-state index contributed by atoms with van der Waals surface area (Å²) >= 11 is 0. The van der Waals surface area contributed by atoms with Gasteiger partial charge in [-0.15, -0.1) is 0 Å². The molecule has 0 heterocycles. The molecule has 0 aliphatic rings. The maximum Gasteiger partial charge on any atom is 0.224 e. The second-order valence-electron chi connectivity index (χ2n) is 7.96. The van der Waals surface area contributed by atoms with Crippen LogP contribution >= 0.6 is 0 Å². The van der Waals surface area contributed by atoms with E-state index in [4.69, 9.17) is 0 Å². The average Bonchev–Trinajstić information content (AvgIpc) is 2.62. The van der Waals surface area contributed by atoms with Gasteiger partial charge in [-0.05, 0) is 31.1 Å². The van der Waals surface area contributed by atoms with Crippen LogP contribution in [0, 0.1) is 11.8 Å². The molecular formula is C20H37N3O4. The lowest BCUT2D eigenvalue weighted by Crippen LogP contribution is -2.73. The van der Waals surface area contributed by atoms with E-state index in [0.29, 0.717) is 31.8 Å². The van der Waals surface area contributed by atoms with Crippen LogP contribution in [0.4, 0.5) is 0 Å². The summed E-state index contributed by atoms with van der Waals surface area (Å²) in [6.45, 7) is 11.3. The van der Waals surface area contributed by atoms with Gasteiger partial charge in [0.05, 0.1) is 6.04 Å². The summed E-state index contributed by atoms with van der Waals surface area (Å²) in [4.78, 5) is 49.7. The molecule has 0 aromatic rings. The molecule has 0 aliphatic heterocycles. The molecule has 0 spiro atoms. The van der Waals surface area contributed by atoms with Crippen molar-refractivity contribution < 1.29 is 19.2 Å². The van der Waals surface area contributed by atoms with Crippen molar-refractivity contribution in [2.45, 2.75) is 84.6 Å². The van der Waals surface area contributed by atoms with Crippen LogP contribution in [0.2, 0.25) is 0 Å². The van der Waals surface area contributed by atoms with Crippen molar-refractivity contribution in [2.24, 2.45) is 11.8 Å². The van der Waals surface area contributed by atoms with E-state index in [1.165, 1.54) is 4.90 Å². The Hall–Kier alpha value is -1.60. The van der Waals surface area contributed by atoms with Crippen LogP contribution in [0.15, 0.2) is 0 Å². The molecule has 0 aliphatic carbocycles. The summed E-state index contributed by atoms with van der Waals surface area (Å²) < 4.78 is 0. The van der Waals surface area contributed by atoms with E-state index in [1.54, 1.807) is 14.0 Å². The number of likely N-dealkylation sites (N-methyl/N-ethyl adjacent to an activating group) is 1. The van der Waals surface area contributed by atoms with Crippen molar-refractivity contribution in [2.75, 3.05) is 7.05 Å². The molecule has 0 saturated carbocycles. The molecule has 2 N–H and O–H groups in total. The number of amides is 1. The van der Waals surface area contributed by atoms with Crippen LogP contribution in [-0.2, 0) is 19.2 Å². The zero-order valence-corrected chi connectivity index (χ0v) is 17.9. The maximum absolute atomic E-state index is 12.5. The van der Waals surface area contributed by atoms with E-state index in [2.05, 4.69) is 10.6 Å². The Morgan fingerprint density at radius 3 is 2.00 bits per heavy atom. The van der Waals surface area contributed by atoms with Gasteiger partial charge in [-0.25, -0.2) is 0 Å². The highest BCUT2D eigenvalue weighted by molar-refractivity contribution is 5.82. The molecule has 7 heteroatoms. The van der Waals surface area contributed by atoms with Gasteiger partial charge in [0.15, 0.2) is 18.2 Å². The quantitative estimate of drug-likeness (QED) is 0.351. The number of hydrogen-bond acceptors (Lipinski definition) is 6. The Morgan fingerprint density at radius 2 is 1.67 bits per heavy atom. The number of rotatable bonds is 14. The monoisotopic (exact) mass is 383 g/mol. The third kappa shape index (κ3) is 6.81. The number of nitrogens with one attached hydrogen (secondary N) is 2. The zero-order valence-electron chi connectivity index (χ0n) is 17.9. The number of carbonyl (C=O) groups excluding carboxylic acids is 4. The SMILES string of the molecule is CCCC(=O)N(C)C(C=O)(CC)NC(C=O)(CC(C)C)NC(C=O)C(C)C. The normalized spacial score (nSPS) is 17.1. The summed E-state index contributed by atoms with van der Waals surface area (Å²) in [5.41, 5.74) is -2.67. The summed E-state index contributed by atoms with van der Waals surface area (Å²) in [6, 6.07) is -0.570. The molecule has 0 bridgehead atoms. The predicted octanol–water partition coefficient (Wildman–Crippen LogP) is 1.89. The Balaban J connectivity index is 6.06. The Labute approximate surface area is 163 Å². The van der Waals surface area contributed by atoms with Crippen molar-refractivity contribution in [3.05, 3.63) is 0 Å². The number of nitrogens with zero attached hydrogens (tertiary/aromatic N) is 1. The maximum atomic E-state index is 12.5. The van der Waals surface area contributed by atoms with Crippen molar-refractivity contribution >= 4 is 24.8 Å². The summed E-state index contributed by atoms with van der Waals surface area (Å²) in [6.07, 6.45) is 3.76. The third-order valence-electron chi connectivity index (χ3n) is 4.83. The van der Waals surface area contributed by atoms with Crippen LogP contribution in [0.25, 0.3) is 0 Å². The van der Waals surface area contributed by atoms with Crippen molar-refractivity contribution in [1.29, 1.82) is 0 Å². The molecule has 0 fully saturated rings. The molecule has 156 valence electrons. The van der Waals surface area contributed by atoms with E-state index in [-0.39, 0.29) is 24.2 Å². The lowest BCUT2D eigenvalue weighted by atomic mass is 9.92. The fourth-order valence-electron chi connectivity index (χ4n) is 3.15. The molecule has 0 radical (unpaired) electrons. The second-order valence-corrected chi connectivity index (χ2v) is 7.96. The smallest absolute Gasteiger partial charge is 0.224 e. The number of aldehydes is 3. The highest BCUT2D eigenvalue weighted by Crippen LogP contribution is 2.23. The van der Waals surface area contributed by atoms with E-state index in [1.807, 2.05) is 34.6 Å². The first kappa shape index (κ1) is 25.4. The largest absolute Gasteiger partial charge is 0.321 e. The molecule has 3 unspecified atom stereocenters. The van der Waals surface area contributed by atoms with Gasteiger partial charge in [0.1, 0.15) is 11.9 Å². The first-order valence-corrected chi connectivity index (χ1v) is 9.78. The van der Waals surface area contributed by atoms with Crippen molar-refractivity contribution in [3.8, 4) is 0 Å². The van der Waals surface area contributed by atoms with E-state index < -0.39 is 17.4 Å². The van der Waals surface area contributed by atoms with Gasteiger partial charge >= 0.3 is 0 Å². The molecule has 0 aromatic heterocycles. The highest BCUT2D eigenvalue weighted by atomic mass is 16.2. The van der Waals surface area contributed by atoms with Crippen molar-refractivity contribution in [3.63, 3.8) is 0 Å². The first-order valence-electron chi connectivity index (χ1n) is 9.78. The Bertz CT molecular complexity index is 509. The summed E-state index contributed by atoms with van der Waals surface area (Å²) in [5.74, 6) is -0.117. The fourth-order valence-corrected chi connectivity index (χ4v) is 3.15. The molecule has 27 heavy (non-hydrogen) atoms. The third-order valence-corrected chi connectivity index (χ3v) is 4.83.